The zero-order chi connectivity index (χ0) is 11.1. The molecule has 1 atom stereocenters. The van der Waals surface area contributed by atoms with Gasteiger partial charge >= 0.3 is 0 Å². The van der Waals surface area contributed by atoms with Gasteiger partial charge in [0.2, 0.25) is 0 Å². The molecule has 1 aromatic rings. The molecule has 0 aliphatic heterocycles. The highest BCUT2D eigenvalue weighted by molar-refractivity contribution is 5.18. The number of hydrogen-bond donors (Lipinski definition) is 1. The molecule has 0 fully saturated rings. The maximum Gasteiger partial charge on any atom is 0.123 e. The van der Waals surface area contributed by atoms with Gasteiger partial charge in [-0.2, -0.15) is 0 Å². The van der Waals surface area contributed by atoms with Crippen LogP contribution in [0.4, 0.5) is 4.39 Å². The van der Waals surface area contributed by atoms with Gasteiger partial charge in [-0.3, -0.25) is 0 Å². The molecule has 0 heterocycles. The van der Waals surface area contributed by atoms with Crippen LogP contribution in [0.15, 0.2) is 24.3 Å². The average Bonchev–Trinajstić information content (AvgIpc) is 2.26. The van der Waals surface area contributed by atoms with E-state index in [1.54, 1.807) is 19.2 Å². The van der Waals surface area contributed by atoms with Crippen LogP contribution in [0.1, 0.15) is 11.7 Å². The van der Waals surface area contributed by atoms with Gasteiger partial charge in [0.25, 0.3) is 0 Å². The molecule has 0 aliphatic carbocycles. The Labute approximate surface area is 89.0 Å². The molecule has 0 saturated carbocycles. The Bertz CT molecular complexity index is 276. The number of methoxy groups -OCH3 is 1. The monoisotopic (exact) mass is 213 g/mol. The van der Waals surface area contributed by atoms with Crippen LogP contribution in [0.5, 0.6) is 0 Å². The highest BCUT2D eigenvalue weighted by Crippen LogP contribution is 2.16. The highest BCUT2D eigenvalue weighted by atomic mass is 19.1. The predicted octanol–water partition coefficient (Wildman–Crippen LogP) is 1.49. The third-order valence-electron chi connectivity index (χ3n) is 2.06. The van der Waals surface area contributed by atoms with Gasteiger partial charge < -0.3 is 15.2 Å². The molecule has 1 unspecified atom stereocenters. The zero-order valence-corrected chi connectivity index (χ0v) is 8.78. The van der Waals surface area contributed by atoms with Gasteiger partial charge in [0.15, 0.2) is 0 Å². The summed E-state index contributed by atoms with van der Waals surface area (Å²) in [7, 11) is 1.61. The fourth-order valence-corrected chi connectivity index (χ4v) is 1.25. The van der Waals surface area contributed by atoms with Crippen LogP contribution in [-0.4, -0.2) is 26.9 Å². The van der Waals surface area contributed by atoms with E-state index in [-0.39, 0.29) is 11.9 Å². The first-order chi connectivity index (χ1) is 7.27. The van der Waals surface area contributed by atoms with E-state index < -0.39 is 0 Å². The van der Waals surface area contributed by atoms with Crippen molar-refractivity contribution in [3.8, 4) is 0 Å². The standard InChI is InChI=1S/C11H16FNO2/c1-14-6-7-15-11(8-13)9-2-4-10(12)5-3-9/h2-5,11H,6-8,13H2,1H3. The first-order valence-electron chi connectivity index (χ1n) is 4.84. The third-order valence-corrected chi connectivity index (χ3v) is 2.06. The van der Waals surface area contributed by atoms with E-state index in [4.69, 9.17) is 15.2 Å². The molecule has 0 aliphatic rings. The molecule has 0 amide bonds. The summed E-state index contributed by atoms with van der Waals surface area (Å²) in [6.07, 6.45) is -0.194. The first-order valence-corrected chi connectivity index (χ1v) is 4.84. The van der Waals surface area contributed by atoms with Crippen LogP contribution >= 0.6 is 0 Å². The van der Waals surface area contributed by atoms with Crippen LogP contribution < -0.4 is 5.73 Å². The molecule has 0 bridgehead atoms. The molecule has 15 heavy (non-hydrogen) atoms. The van der Waals surface area contributed by atoms with Crippen molar-refractivity contribution in [1.82, 2.24) is 0 Å². The Kier molecular flexibility index (Phi) is 5.25. The van der Waals surface area contributed by atoms with E-state index in [1.807, 2.05) is 0 Å². The number of benzene rings is 1. The Morgan fingerprint density at radius 1 is 1.27 bits per heavy atom. The van der Waals surface area contributed by atoms with Gasteiger partial charge in [-0.15, -0.1) is 0 Å². The summed E-state index contributed by atoms with van der Waals surface area (Å²) in [6.45, 7) is 1.38. The number of halogens is 1. The molecule has 0 spiro atoms. The van der Waals surface area contributed by atoms with E-state index in [0.717, 1.165) is 5.56 Å². The second kappa shape index (κ2) is 6.50. The SMILES string of the molecule is COCCOC(CN)c1ccc(F)cc1. The minimum atomic E-state index is -0.258. The smallest absolute Gasteiger partial charge is 0.123 e. The van der Waals surface area contributed by atoms with Crippen LogP contribution in [-0.2, 0) is 9.47 Å². The lowest BCUT2D eigenvalue weighted by Crippen LogP contribution is -2.17. The molecule has 1 rings (SSSR count). The molecule has 0 saturated heterocycles. The first kappa shape index (κ1) is 12.1. The third kappa shape index (κ3) is 3.95. The van der Waals surface area contributed by atoms with Crippen molar-refractivity contribution >= 4 is 0 Å². The highest BCUT2D eigenvalue weighted by Gasteiger charge is 2.09. The lowest BCUT2D eigenvalue weighted by Gasteiger charge is -2.16. The summed E-state index contributed by atoms with van der Waals surface area (Å²) >= 11 is 0. The van der Waals surface area contributed by atoms with Crippen LogP contribution in [0.3, 0.4) is 0 Å². The summed E-state index contributed by atoms with van der Waals surface area (Å²) in [5.41, 5.74) is 6.45. The molecule has 84 valence electrons. The average molecular weight is 213 g/mol. The minimum absolute atomic E-state index is 0.194. The largest absolute Gasteiger partial charge is 0.382 e. The second-order valence-electron chi connectivity index (χ2n) is 3.14. The van der Waals surface area contributed by atoms with E-state index in [0.29, 0.717) is 19.8 Å². The predicted molar refractivity (Wildman–Crippen MR) is 56.0 cm³/mol. The summed E-state index contributed by atoms with van der Waals surface area (Å²) in [5, 5.41) is 0. The molecule has 1 aromatic carbocycles. The van der Waals surface area contributed by atoms with E-state index in [1.165, 1.54) is 12.1 Å². The Morgan fingerprint density at radius 2 is 1.93 bits per heavy atom. The van der Waals surface area contributed by atoms with Crippen molar-refractivity contribution in [3.63, 3.8) is 0 Å². The Balaban J connectivity index is 2.53. The minimum Gasteiger partial charge on any atom is -0.382 e. The van der Waals surface area contributed by atoms with Crippen molar-refractivity contribution in [2.45, 2.75) is 6.10 Å². The van der Waals surface area contributed by atoms with Crippen molar-refractivity contribution < 1.29 is 13.9 Å². The summed E-state index contributed by atoms with van der Waals surface area (Å²) < 4.78 is 23.0. The van der Waals surface area contributed by atoms with E-state index >= 15 is 0 Å². The topological polar surface area (TPSA) is 44.5 Å². The molecule has 0 aromatic heterocycles. The van der Waals surface area contributed by atoms with Gasteiger partial charge in [0.05, 0.1) is 19.3 Å². The van der Waals surface area contributed by atoms with Crippen LogP contribution in [0, 0.1) is 5.82 Å². The van der Waals surface area contributed by atoms with Crippen molar-refractivity contribution in [1.29, 1.82) is 0 Å². The maximum absolute atomic E-state index is 12.7. The lowest BCUT2D eigenvalue weighted by atomic mass is 10.1. The molecular formula is C11H16FNO2. The molecular weight excluding hydrogens is 197 g/mol. The summed E-state index contributed by atoms with van der Waals surface area (Å²) in [4.78, 5) is 0. The van der Waals surface area contributed by atoms with Crippen LogP contribution in [0.2, 0.25) is 0 Å². The molecule has 2 N–H and O–H groups in total. The van der Waals surface area contributed by atoms with Crippen molar-refractivity contribution in [2.75, 3.05) is 26.9 Å². The number of nitrogens with two attached hydrogens (primary N) is 1. The Morgan fingerprint density at radius 3 is 2.47 bits per heavy atom. The fraction of sp³-hybridized carbons (Fsp3) is 0.455. The van der Waals surface area contributed by atoms with Crippen LogP contribution in [0.25, 0.3) is 0 Å². The van der Waals surface area contributed by atoms with Crippen molar-refractivity contribution in [3.05, 3.63) is 35.6 Å². The zero-order valence-electron chi connectivity index (χ0n) is 8.78. The normalized spacial score (nSPS) is 12.7. The van der Waals surface area contributed by atoms with Gasteiger partial charge in [-0.25, -0.2) is 4.39 Å². The van der Waals surface area contributed by atoms with E-state index in [9.17, 15) is 4.39 Å². The van der Waals surface area contributed by atoms with Gasteiger partial charge in [0, 0.05) is 13.7 Å². The van der Waals surface area contributed by atoms with Gasteiger partial charge in [-0.1, -0.05) is 12.1 Å². The molecule has 3 nitrogen and oxygen atoms in total. The quantitative estimate of drug-likeness (QED) is 0.728. The van der Waals surface area contributed by atoms with Gasteiger partial charge in [0.1, 0.15) is 5.82 Å². The molecule has 4 heteroatoms. The Hall–Kier alpha value is -0.970. The maximum atomic E-state index is 12.7. The fourth-order valence-electron chi connectivity index (χ4n) is 1.25. The van der Waals surface area contributed by atoms with Crippen molar-refractivity contribution in [2.24, 2.45) is 5.73 Å². The lowest BCUT2D eigenvalue weighted by molar-refractivity contribution is 0.0207. The van der Waals surface area contributed by atoms with E-state index in [2.05, 4.69) is 0 Å². The number of ether oxygens (including phenoxy) is 2. The molecule has 0 radical (unpaired) electrons. The summed E-state index contributed by atoms with van der Waals surface area (Å²) in [5.74, 6) is -0.258. The van der Waals surface area contributed by atoms with Gasteiger partial charge in [-0.05, 0) is 17.7 Å². The summed E-state index contributed by atoms with van der Waals surface area (Å²) in [6, 6.07) is 6.16. The number of hydrogen-bond acceptors (Lipinski definition) is 3. The number of rotatable bonds is 6. The second-order valence-corrected chi connectivity index (χ2v) is 3.14.